The van der Waals surface area contributed by atoms with Gasteiger partial charge in [0.25, 0.3) is 0 Å². The van der Waals surface area contributed by atoms with Gasteiger partial charge in [-0.1, -0.05) is 29.8 Å². The second-order valence-corrected chi connectivity index (χ2v) is 6.59. The SMILES string of the molecule is COc1ccc(-c2nc(-c3ccc(C)cc3)s[s+]2)cc1. The molecule has 1 heterocycles. The number of nitrogens with zero attached hydrogens (tertiary/aromatic N) is 1. The van der Waals surface area contributed by atoms with Gasteiger partial charge < -0.3 is 4.74 Å². The Balaban J connectivity index is 1.91. The number of aromatic nitrogens is 1. The number of hydrogen-bond acceptors (Lipinski definition) is 3. The number of benzene rings is 2. The van der Waals surface area contributed by atoms with E-state index in [0.717, 1.165) is 21.3 Å². The highest BCUT2D eigenvalue weighted by Gasteiger charge is 2.19. The molecule has 0 radical (unpaired) electrons. The highest BCUT2D eigenvalue weighted by molar-refractivity contribution is 7.71. The molecule has 0 fully saturated rings. The van der Waals surface area contributed by atoms with Gasteiger partial charge in [-0.2, -0.15) is 4.98 Å². The predicted octanol–water partition coefficient (Wildman–Crippen LogP) is 5.14. The fraction of sp³-hybridized carbons (Fsp3) is 0.125. The first-order valence-corrected chi connectivity index (χ1v) is 8.43. The molecule has 2 aromatic carbocycles. The van der Waals surface area contributed by atoms with Crippen LogP contribution >= 0.6 is 20.7 Å². The maximum Gasteiger partial charge on any atom is 0.348 e. The average Bonchev–Trinajstić information content (AvgIpc) is 2.98. The van der Waals surface area contributed by atoms with Gasteiger partial charge >= 0.3 is 15.3 Å². The van der Waals surface area contributed by atoms with E-state index in [1.165, 1.54) is 11.1 Å². The summed E-state index contributed by atoms with van der Waals surface area (Å²) in [6, 6.07) is 16.5. The lowest BCUT2D eigenvalue weighted by molar-refractivity contribution is 0.415. The molecule has 0 saturated carbocycles. The van der Waals surface area contributed by atoms with Gasteiger partial charge in [-0.3, -0.25) is 0 Å². The first-order valence-electron chi connectivity index (χ1n) is 6.28. The Morgan fingerprint density at radius 1 is 0.950 bits per heavy atom. The minimum Gasteiger partial charge on any atom is -0.497 e. The van der Waals surface area contributed by atoms with E-state index in [9.17, 15) is 0 Å². The number of rotatable bonds is 3. The van der Waals surface area contributed by atoms with Crippen LogP contribution in [0.1, 0.15) is 5.56 Å². The van der Waals surface area contributed by atoms with Gasteiger partial charge in [-0.15, -0.1) is 0 Å². The van der Waals surface area contributed by atoms with Crippen molar-refractivity contribution < 1.29 is 4.74 Å². The molecule has 3 aromatic rings. The van der Waals surface area contributed by atoms with E-state index in [2.05, 4.69) is 31.2 Å². The molecule has 0 aliphatic rings. The van der Waals surface area contributed by atoms with Crippen LogP contribution in [0.3, 0.4) is 0 Å². The monoisotopic (exact) mass is 300 g/mol. The molecule has 0 saturated heterocycles. The summed E-state index contributed by atoms with van der Waals surface area (Å²) in [5, 5.41) is 2.12. The predicted molar refractivity (Wildman–Crippen MR) is 86.6 cm³/mol. The van der Waals surface area contributed by atoms with Crippen LogP contribution in [0, 0.1) is 6.92 Å². The number of ether oxygens (including phenoxy) is 1. The maximum atomic E-state index is 5.18. The van der Waals surface area contributed by atoms with Gasteiger partial charge in [-0.05, 0) is 31.2 Å². The van der Waals surface area contributed by atoms with E-state index in [1.54, 1.807) is 27.8 Å². The van der Waals surface area contributed by atoms with Crippen LogP contribution < -0.4 is 4.74 Å². The van der Waals surface area contributed by atoms with Crippen molar-refractivity contribution in [2.45, 2.75) is 6.92 Å². The van der Waals surface area contributed by atoms with Gasteiger partial charge in [0.15, 0.2) is 15.3 Å². The van der Waals surface area contributed by atoms with Crippen molar-refractivity contribution in [2.75, 3.05) is 7.11 Å². The Kier molecular flexibility index (Phi) is 3.76. The third-order valence-corrected chi connectivity index (χ3v) is 5.29. The van der Waals surface area contributed by atoms with Crippen LogP contribution in [-0.4, -0.2) is 12.1 Å². The lowest BCUT2D eigenvalue weighted by Crippen LogP contribution is -1.83. The van der Waals surface area contributed by atoms with E-state index >= 15 is 0 Å². The zero-order valence-corrected chi connectivity index (χ0v) is 12.9. The molecule has 0 bridgehead atoms. The molecule has 0 spiro atoms. The van der Waals surface area contributed by atoms with Gasteiger partial charge in [-0.25, -0.2) is 0 Å². The summed E-state index contributed by atoms with van der Waals surface area (Å²) >= 11 is 0. The molecule has 0 amide bonds. The van der Waals surface area contributed by atoms with Crippen LogP contribution in [0.15, 0.2) is 48.5 Å². The summed E-state index contributed by atoms with van der Waals surface area (Å²) in [6.45, 7) is 2.09. The Morgan fingerprint density at radius 3 is 2.25 bits per heavy atom. The van der Waals surface area contributed by atoms with Crippen LogP contribution in [0.2, 0.25) is 0 Å². The van der Waals surface area contributed by atoms with Gasteiger partial charge in [0.1, 0.15) is 5.75 Å². The summed E-state index contributed by atoms with van der Waals surface area (Å²) < 4.78 is 5.18. The van der Waals surface area contributed by atoms with Gasteiger partial charge in [0.05, 0.1) is 12.7 Å². The third kappa shape index (κ3) is 2.71. The van der Waals surface area contributed by atoms with Crippen molar-refractivity contribution in [1.29, 1.82) is 0 Å². The number of hydrogen-bond donors (Lipinski definition) is 0. The van der Waals surface area contributed by atoms with Crippen molar-refractivity contribution in [2.24, 2.45) is 0 Å². The number of aryl methyl sites for hydroxylation is 1. The summed E-state index contributed by atoms with van der Waals surface area (Å²) in [5.74, 6) is 0.868. The fourth-order valence-electron chi connectivity index (χ4n) is 1.86. The molecule has 0 aliphatic carbocycles. The molecular weight excluding hydrogens is 286 g/mol. The zero-order valence-electron chi connectivity index (χ0n) is 11.3. The van der Waals surface area contributed by atoms with E-state index in [0.29, 0.717) is 0 Å². The van der Waals surface area contributed by atoms with Crippen molar-refractivity contribution >= 4 is 20.7 Å². The highest BCUT2D eigenvalue weighted by atomic mass is 32.9. The van der Waals surface area contributed by atoms with Crippen LogP contribution in [-0.2, 0) is 0 Å². The fourth-order valence-corrected chi connectivity index (χ4v) is 4.08. The quantitative estimate of drug-likeness (QED) is 0.494. The van der Waals surface area contributed by atoms with Crippen LogP contribution in [0.4, 0.5) is 0 Å². The van der Waals surface area contributed by atoms with E-state index in [-0.39, 0.29) is 0 Å². The molecular formula is C16H14NOS2+. The summed E-state index contributed by atoms with van der Waals surface area (Å²) in [5.41, 5.74) is 3.58. The highest BCUT2D eigenvalue weighted by Crippen LogP contribution is 2.34. The average molecular weight is 300 g/mol. The van der Waals surface area contributed by atoms with Crippen molar-refractivity contribution in [1.82, 2.24) is 4.98 Å². The first kappa shape index (κ1) is 13.2. The molecule has 0 unspecified atom stereocenters. The second kappa shape index (κ2) is 5.69. The minimum atomic E-state index is 0.868. The topological polar surface area (TPSA) is 22.1 Å². The van der Waals surface area contributed by atoms with Crippen LogP contribution in [0.25, 0.3) is 21.1 Å². The second-order valence-electron chi connectivity index (χ2n) is 4.48. The summed E-state index contributed by atoms with van der Waals surface area (Å²) in [7, 11) is 5.09. The van der Waals surface area contributed by atoms with Gasteiger partial charge in [0.2, 0.25) is 0 Å². The molecule has 3 rings (SSSR count). The van der Waals surface area contributed by atoms with Crippen molar-refractivity contribution in [3.8, 4) is 26.9 Å². The molecule has 100 valence electrons. The van der Waals surface area contributed by atoms with E-state index in [1.807, 2.05) is 24.3 Å². The van der Waals surface area contributed by atoms with Crippen molar-refractivity contribution in [3.63, 3.8) is 0 Å². The molecule has 1 aromatic heterocycles. The largest absolute Gasteiger partial charge is 0.497 e. The Morgan fingerprint density at radius 2 is 1.60 bits per heavy atom. The zero-order chi connectivity index (χ0) is 13.9. The Hall–Kier alpha value is -1.78. The molecule has 2 nitrogen and oxygen atoms in total. The van der Waals surface area contributed by atoms with E-state index in [4.69, 9.17) is 9.72 Å². The minimum absolute atomic E-state index is 0.868. The Bertz CT molecular complexity index is 702. The lowest BCUT2D eigenvalue weighted by Gasteiger charge is -1.97. The van der Waals surface area contributed by atoms with Gasteiger partial charge in [0, 0.05) is 5.56 Å². The molecule has 0 atom stereocenters. The smallest absolute Gasteiger partial charge is 0.348 e. The van der Waals surface area contributed by atoms with Crippen molar-refractivity contribution in [3.05, 3.63) is 54.1 Å². The number of methoxy groups -OCH3 is 1. The third-order valence-electron chi connectivity index (χ3n) is 3.04. The van der Waals surface area contributed by atoms with Crippen LogP contribution in [0.5, 0.6) is 5.75 Å². The standard InChI is InChI=1S/C16H14NOS2/c1-11-3-5-12(6-4-11)15-17-16(20-19-15)13-7-9-14(18-2)10-8-13/h3-10H,1-2H3/q+1. The summed E-state index contributed by atoms with van der Waals surface area (Å²) in [6.07, 6.45) is 0. The Labute approximate surface area is 125 Å². The molecule has 0 N–H and O–H groups in total. The van der Waals surface area contributed by atoms with E-state index < -0.39 is 0 Å². The normalized spacial score (nSPS) is 10.5. The molecule has 4 heteroatoms. The molecule has 0 aliphatic heterocycles. The maximum absolute atomic E-state index is 5.18. The molecule has 20 heavy (non-hydrogen) atoms. The first-order chi connectivity index (χ1) is 9.76. The summed E-state index contributed by atoms with van der Waals surface area (Å²) in [4.78, 5) is 4.73. The lowest BCUT2D eigenvalue weighted by atomic mass is 10.1.